The molecule has 0 rings (SSSR count). The van der Waals surface area contributed by atoms with Gasteiger partial charge in [0.1, 0.15) is 0 Å². The maximum absolute atomic E-state index is 12.6. The first kappa shape index (κ1) is 82.6. The summed E-state index contributed by atoms with van der Waals surface area (Å²) in [5.74, 6) is -0.00509. The minimum absolute atomic E-state index is 0.0217. The molecule has 0 saturated heterocycles. The molecule has 6 nitrogen and oxygen atoms in total. The van der Waals surface area contributed by atoms with Crippen LogP contribution in [0.4, 0.5) is 0 Å². The number of unbranched alkanes of at least 4 members (excludes halogenated alkanes) is 61. The Kier molecular flexibility index (Phi) is 72.8. The number of nitrogens with one attached hydrogen (secondary N) is 1. The van der Waals surface area contributed by atoms with Crippen molar-refractivity contribution in [1.82, 2.24) is 5.32 Å². The third-order valence-electron chi connectivity index (χ3n) is 18.6. The highest BCUT2D eigenvalue weighted by Gasteiger charge is 2.20. The molecule has 2 atom stereocenters. The molecule has 0 aromatic carbocycles. The van der Waals surface area contributed by atoms with E-state index in [4.69, 9.17) is 4.74 Å². The fourth-order valence-electron chi connectivity index (χ4n) is 12.6. The van der Waals surface area contributed by atoms with Gasteiger partial charge in [0.2, 0.25) is 5.91 Å². The Balaban J connectivity index is 3.35. The molecule has 500 valence electrons. The third kappa shape index (κ3) is 69.7. The summed E-state index contributed by atoms with van der Waals surface area (Å²) in [4.78, 5) is 24.6. The van der Waals surface area contributed by atoms with Crippen LogP contribution in [0.3, 0.4) is 0 Å². The number of aliphatic hydroxyl groups is 2. The van der Waals surface area contributed by atoms with E-state index >= 15 is 0 Å². The van der Waals surface area contributed by atoms with Crippen LogP contribution >= 0.6 is 0 Å². The van der Waals surface area contributed by atoms with Crippen LogP contribution in [0.25, 0.3) is 0 Å². The van der Waals surface area contributed by atoms with Crippen LogP contribution in [0.5, 0.6) is 0 Å². The molecule has 2 unspecified atom stereocenters. The van der Waals surface area contributed by atoms with Crippen molar-refractivity contribution in [3.63, 3.8) is 0 Å². The van der Waals surface area contributed by atoms with Gasteiger partial charge in [0.15, 0.2) is 0 Å². The molecular weight excluding hydrogens is 1030 g/mol. The van der Waals surface area contributed by atoms with E-state index in [9.17, 15) is 19.8 Å². The number of ether oxygens (including phenoxy) is 1. The first-order valence-corrected chi connectivity index (χ1v) is 38.9. The van der Waals surface area contributed by atoms with E-state index in [1.54, 1.807) is 0 Å². The molecule has 0 aromatic rings. The van der Waals surface area contributed by atoms with Crippen molar-refractivity contribution in [3.05, 3.63) is 12.2 Å². The number of allylic oxidation sites excluding steroid dienone is 2. The second-order valence-electron chi connectivity index (χ2n) is 27.0. The van der Waals surface area contributed by atoms with E-state index in [-0.39, 0.29) is 18.5 Å². The zero-order valence-electron chi connectivity index (χ0n) is 57.4. The smallest absolute Gasteiger partial charge is 0.305 e. The second-order valence-corrected chi connectivity index (χ2v) is 27.0. The summed E-state index contributed by atoms with van der Waals surface area (Å²) in [6, 6.07) is -0.540. The number of carbonyl (C=O) groups excluding carboxylic acids is 2. The lowest BCUT2D eigenvalue weighted by Gasteiger charge is -2.22. The van der Waals surface area contributed by atoms with Gasteiger partial charge in [-0.25, -0.2) is 0 Å². The van der Waals surface area contributed by atoms with Gasteiger partial charge in [-0.1, -0.05) is 398 Å². The molecular formula is C78H153NO5. The molecule has 6 heteroatoms. The van der Waals surface area contributed by atoms with Crippen LogP contribution in [-0.2, 0) is 14.3 Å². The first-order chi connectivity index (χ1) is 41.5. The normalized spacial score (nSPS) is 12.5. The minimum atomic E-state index is -0.663. The highest BCUT2D eigenvalue weighted by Crippen LogP contribution is 2.20. The lowest BCUT2D eigenvalue weighted by atomic mass is 10.0. The summed E-state index contributed by atoms with van der Waals surface area (Å²) < 4.78 is 5.50. The van der Waals surface area contributed by atoms with Crippen molar-refractivity contribution in [3.8, 4) is 0 Å². The predicted octanol–water partition coefficient (Wildman–Crippen LogP) is 25.5. The van der Waals surface area contributed by atoms with Crippen LogP contribution in [0.15, 0.2) is 12.2 Å². The molecule has 0 aliphatic carbocycles. The fraction of sp³-hybridized carbons (Fsp3) is 0.949. The average molecular weight is 1190 g/mol. The SMILES string of the molecule is CCCCCCCCCCCCCCCCCCCCCCCC(O)C(CO)NC(=O)CCCCCCCCCCCCCCCCCC/C=C\CCCCCCCCCCCCCCOC(=O)CCCCCCCCCCCCCCCC. The van der Waals surface area contributed by atoms with Crippen LogP contribution in [0, 0.1) is 0 Å². The van der Waals surface area contributed by atoms with Crippen LogP contribution in [0.2, 0.25) is 0 Å². The molecule has 3 N–H and O–H groups in total. The number of carbonyl (C=O) groups is 2. The Bertz CT molecular complexity index is 1270. The Hall–Kier alpha value is -1.40. The van der Waals surface area contributed by atoms with Crippen molar-refractivity contribution in [1.29, 1.82) is 0 Å². The van der Waals surface area contributed by atoms with E-state index in [0.29, 0.717) is 25.9 Å². The van der Waals surface area contributed by atoms with E-state index in [2.05, 4.69) is 31.3 Å². The van der Waals surface area contributed by atoms with Crippen LogP contribution < -0.4 is 5.32 Å². The lowest BCUT2D eigenvalue weighted by molar-refractivity contribution is -0.143. The van der Waals surface area contributed by atoms with Crippen molar-refractivity contribution in [2.24, 2.45) is 0 Å². The van der Waals surface area contributed by atoms with Crippen molar-refractivity contribution >= 4 is 11.9 Å². The molecule has 0 bridgehead atoms. The van der Waals surface area contributed by atoms with E-state index < -0.39 is 12.1 Å². The monoisotopic (exact) mass is 1180 g/mol. The summed E-state index contributed by atoms with van der Waals surface area (Å²) in [6.45, 7) is 5.01. The molecule has 1 amide bonds. The summed E-state index contributed by atoms with van der Waals surface area (Å²) in [7, 11) is 0. The van der Waals surface area contributed by atoms with E-state index in [1.165, 1.54) is 379 Å². The quantitative estimate of drug-likeness (QED) is 0.0320. The van der Waals surface area contributed by atoms with E-state index in [1.807, 2.05) is 0 Å². The van der Waals surface area contributed by atoms with Gasteiger partial charge >= 0.3 is 5.97 Å². The van der Waals surface area contributed by atoms with Gasteiger partial charge in [0.05, 0.1) is 25.4 Å². The Morgan fingerprint density at radius 2 is 0.560 bits per heavy atom. The molecule has 0 aliphatic heterocycles. The van der Waals surface area contributed by atoms with Gasteiger partial charge in [0.25, 0.3) is 0 Å². The third-order valence-corrected chi connectivity index (χ3v) is 18.6. The summed E-state index contributed by atoms with van der Waals surface area (Å²) in [5, 5.41) is 23.4. The molecule has 0 saturated carbocycles. The van der Waals surface area contributed by atoms with Crippen molar-refractivity contribution in [2.75, 3.05) is 13.2 Å². The largest absolute Gasteiger partial charge is 0.466 e. The summed E-state index contributed by atoms with van der Waals surface area (Å²) >= 11 is 0. The van der Waals surface area contributed by atoms with Gasteiger partial charge in [-0.05, 0) is 51.4 Å². The predicted molar refractivity (Wildman–Crippen MR) is 370 cm³/mol. The maximum Gasteiger partial charge on any atom is 0.305 e. The highest BCUT2D eigenvalue weighted by atomic mass is 16.5. The minimum Gasteiger partial charge on any atom is -0.466 e. The molecule has 84 heavy (non-hydrogen) atoms. The van der Waals surface area contributed by atoms with Gasteiger partial charge in [-0.3, -0.25) is 9.59 Å². The Morgan fingerprint density at radius 3 is 0.845 bits per heavy atom. The lowest BCUT2D eigenvalue weighted by Crippen LogP contribution is -2.45. The molecule has 0 radical (unpaired) electrons. The maximum atomic E-state index is 12.6. The number of aliphatic hydroxyl groups excluding tert-OH is 2. The highest BCUT2D eigenvalue weighted by molar-refractivity contribution is 5.76. The van der Waals surface area contributed by atoms with Gasteiger partial charge < -0.3 is 20.3 Å². The Labute approximate surface area is 527 Å². The number of hydrogen-bond acceptors (Lipinski definition) is 5. The van der Waals surface area contributed by atoms with E-state index in [0.717, 1.165) is 38.5 Å². The van der Waals surface area contributed by atoms with Crippen molar-refractivity contribution in [2.45, 2.75) is 463 Å². The number of rotatable bonds is 74. The van der Waals surface area contributed by atoms with Gasteiger partial charge in [-0.15, -0.1) is 0 Å². The fourth-order valence-corrected chi connectivity index (χ4v) is 12.6. The molecule has 0 aromatic heterocycles. The first-order valence-electron chi connectivity index (χ1n) is 38.9. The van der Waals surface area contributed by atoms with Crippen LogP contribution in [-0.4, -0.2) is 47.4 Å². The number of esters is 1. The van der Waals surface area contributed by atoms with Crippen molar-refractivity contribution < 1.29 is 24.5 Å². The zero-order chi connectivity index (χ0) is 60.6. The summed E-state index contributed by atoms with van der Waals surface area (Å²) in [5.41, 5.74) is 0. The number of amides is 1. The topological polar surface area (TPSA) is 95.9 Å². The van der Waals surface area contributed by atoms with Crippen LogP contribution in [0.1, 0.15) is 450 Å². The molecule has 0 heterocycles. The van der Waals surface area contributed by atoms with Gasteiger partial charge in [-0.2, -0.15) is 0 Å². The zero-order valence-corrected chi connectivity index (χ0v) is 57.4. The Morgan fingerprint density at radius 1 is 0.321 bits per heavy atom. The summed E-state index contributed by atoms with van der Waals surface area (Å²) in [6.07, 6.45) is 93.0. The molecule has 0 spiro atoms. The molecule has 0 fully saturated rings. The standard InChI is InChI=1S/C78H153NO5/c1-3-5-7-9-11-13-15-17-19-20-21-34-37-40-43-46-50-54-58-62-66-70-76(81)75(74-80)79-77(82)71-67-63-59-55-51-47-44-41-38-35-32-30-28-26-24-22-23-25-27-29-31-33-36-39-42-45-49-53-57-61-65-69-73-84-78(83)72-68-64-60-56-52-48-18-16-14-12-10-8-6-4-2/h25,27,75-76,80-81H,3-24,26,28-74H2,1-2H3,(H,79,82)/b27-25-. The molecule has 0 aliphatic rings. The van der Waals surface area contributed by atoms with Gasteiger partial charge in [0, 0.05) is 12.8 Å². The number of hydrogen-bond donors (Lipinski definition) is 3. The second kappa shape index (κ2) is 74.1. The average Bonchev–Trinajstić information content (AvgIpc) is 3.51.